The van der Waals surface area contributed by atoms with Gasteiger partial charge in [-0.2, -0.15) is 43.9 Å². The molecule has 164 valence electrons. The molecule has 0 aliphatic heterocycles. The molecule has 0 spiro atoms. The van der Waals surface area contributed by atoms with Crippen LogP contribution in [0, 0.1) is 10.1 Å². The van der Waals surface area contributed by atoms with Crippen LogP contribution in [0.25, 0.3) is 0 Å². The van der Waals surface area contributed by atoms with Crippen molar-refractivity contribution >= 4 is 17.3 Å². The van der Waals surface area contributed by atoms with Crippen molar-refractivity contribution in [2.75, 3.05) is 6.61 Å². The highest BCUT2D eigenvalue weighted by Crippen LogP contribution is 2.69. The number of halogens is 12. The van der Waals surface area contributed by atoms with Crippen LogP contribution >= 0.6 is 11.6 Å². The fourth-order valence-electron chi connectivity index (χ4n) is 2.37. The van der Waals surface area contributed by atoms with Gasteiger partial charge in [0.25, 0.3) is 11.4 Å². The molecule has 0 bridgehead atoms. The van der Waals surface area contributed by atoms with Gasteiger partial charge in [0.15, 0.2) is 0 Å². The summed E-state index contributed by atoms with van der Waals surface area (Å²) < 4.78 is 153. The number of non-ortho nitro benzene ring substituents is 1. The third-order valence-corrected chi connectivity index (χ3v) is 4.42. The van der Waals surface area contributed by atoms with E-state index in [0.717, 1.165) is 0 Å². The van der Waals surface area contributed by atoms with Crippen LogP contribution in [0.4, 0.5) is 54.0 Å². The summed E-state index contributed by atoms with van der Waals surface area (Å²) in [5.74, 6) is -37.0. The second-order valence-corrected chi connectivity index (χ2v) is 6.24. The fourth-order valence-corrected chi connectivity index (χ4v) is 2.59. The topological polar surface area (TPSA) is 52.4 Å². The van der Waals surface area contributed by atoms with Crippen LogP contribution in [0.2, 0.25) is 5.02 Å². The quantitative estimate of drug-likeness (QED) is 0.333. The first-order valence-electron chi connectivity index (χ1n) is 6.94. The average molecular weight is 468 g/mol. The number of nitrogens with zero attached hydrogens (tertiary/aromatic N) is 1. The third kappa shape index (κ3) is 2.65. The van der Waals surface area contributed by atoms with E-state index in [4.69, 9.17) is 11.6 Å². The second-order valence-electron chi connectivity index (χ2n) is 5.83. The van der Waals surface area contributed by atoms with E-state index in [2.05, 4.69) is 4.74 Å². The van der Waals surface area contributed by atoms with E-state index < -0.39 is 63.3 Å². The van der Waals surface area contributed by atoms with Gasteiger partial charge in [-0.25, -0.2) is 4.39 Å². The van der Waals surface area contributed by atoms with Crippen molar-refractivity contribution in [1.82, 2.24) is 0 Å². The predicted octanol–water partition coefficient (Wildman–Crippen LogP) is 5.53. The lowest BCUT2D eigenvalue weighted by molar-refractivity contribution is -0.486. The molecule has 0 radical (unpaired) electrons. The van der Waals surface area contributed by atoms with Crippen molar-refractivity contribution in [2.24, 2.45) is 0 Å². The molecule has 1 aromatic carbocycles. The smallest absolute Gasteiger partial charge is 0.384 e. The van der Waals surface area contributed by atoms with Crippen molar-refractivity contribution < 1.29 is 58.0 Å². The Kier molecular flexibility index (Phi) is 4.98. The number of benzene rings is 1. The van der Waals surface area contributed by atoms with Crippen LogP contribution in [-0.4, -0.2) is 46.8 Å². The first kappa shape index (κ1) is 23.2. The molecule has 1 saturated carbocycles. The number of ether oxygens (including phenoxy) is 1. The van der Waals surface area contributed by atoms with E-state index >= 15 is 0 Å². The van der Waals surface area contributed by atoms with Gasteiger partial charge < -0.3 is 4.74 Å². The molecule has 0 atom stereocenters. The molecule has 0 amide bonds. The second kappa shape index (κ2) is 6.22. The molecular formula is C13H5ClF11NO3. The minimum atomic E-state index is -7.33. The molecule has 1 aromatic rings. The Morgan fingerprint density at radius 1 is 0.828 bits per heavy atom. The Labute approximate surface area is 157 Å². The molecule has 0 N–H and O–H groups in total. The van der Waals surface area contributed by atoms with Crippen LogP contribution in [0.5, 0.6) is 5.75 Å². The highest BCUT2D eigenvalue weighted by Gasteiger charge is 3.01. The van der Waals surface area contributed by atoms with Gasteiger partial charge in [-0.3, -0.25) is 10.1 Å². The number of rotatable bonds is 4. The van der Waals surface area contributed by atoms with Crippen LogP contribution in [-0.2, 0) is 0 Å². The van der Waals surface area contributed by atoms with Gasteiger partial charge >= 0.3 is 29.6 Å². The Morgan fingerprint density at radius 3 is 1.62 bits per heavy atom. The predicted molar refractivity (Wildman–Crippen MR) is 72.2 cm³/mol. The van der Waals surface area contributed by atoms with E-state index in [1.165, 1.54) is 0 Å². The van der Waals surface area contributed by atoms with Crippen molar-refractivity contribution in [3.05, 3.63) is 33.3 Å². The maximum absolute atomic E-state index is 14.4. The molecule has 0 unspecified atom stereocenters. The number of nitro benzene ring substituents is 1. The zero-order valence-electron chi connectivity index (χ0n) is 13.1. The summed E-state index contributed by atoms with van der Waals surface area (Å²) in [5, 5.41) is 9.60. The number of hydrogen-bond acceptors (Lipinski definition) is 3. The summed E-state index contributed by atoms with van der Waals surface area (Å²) >= 11 is 5.39. The van der Waals surface area contributed by atoms with Gasteiger partial charge in [-0.05, 0) is 6.07 Å². The van der Waals surface area contributed by atoms with E-state index in [9.17, 15) is 58.4 Å². The summed E-state index contributed by atoms with van der Waals surface area (Å²) in [6, 6.07) is 1.39. The van der Waals surface area contributed by atoms with Crippen LogP contribution in [0.1, 0.15) is 0 Å². The van der Waals surface area contributed by atoms with Gasteiger partial charge in [0.1, 0.15) is 12.4 Å². The lowest BCUT2D eigenvalue weighted by atomic mass is 9.72. The van der Waals surface area contributed by atoms with E-state index in [1.54, 1.807) is 0 Å². The molecule has 4 nitrogen and oxygen atoms in total. The summed E-state index contributed by atoms with van der Waals surface area (Å²) in [4.78, 5) is 9.46. The Balaban J connectivity index is 2.53. The molecule has 2 rings (SSSR count). The lowest BCUT2D eigenvalue weighted by Gasteiger charge is -2.52. The SMILES string of the molecule is O=[N+]([O-])c1ccc(OCC2(F)C(F)(F)C(F)(F)C(F)(F)C(F)(F)C2(F)F)c(Cl)c1. The molecule has 0 aromatic heterocycles. The normalized spacial score (nSPS) is 25.2. The third-order valence-electron chi connectivity index (χ3n) is 4.13. The van der Waals surface area contributed by atoms with Crippen LogP contribution in [0.3, 0.4) is 0 Å². The van der Waals surface area contributed by atoms with Gasteiger partial charge in [-0.15, -0.1) is 0 Å². The Morgan fingerprint density at radius 2 is 1.24 bits per heavy atom. The molecule has 29 heavy (non-hydrogen) atoms. The highest BCUT2D eigenvalue weighted by molar-refractivity contribution is 6.32. The molecule has 1 aliphatic rings. The van der Waals surface area contributed by atoms with Crippen LogP contribution in [0.15, 0.2) is 18.2 Å². The first-order chi connectivity index (χ1) is 12.8. The number of alkyl halides is 11. The highest BCUT2D eigenvalue weighted by atomic mass is 35.5. The van der Waals surface area contributed by atoms with Gasteiger partial charge in [0, 0.05) is 12.1 Å². The van der Waals surface area contributed by atoms with Crippen molar-refractivity contribution in [3.8, 4) is 5.75 Å². The maximum Gasteiger partial charge on any atom is 0.384 e. The summed E-state index contributed by atoms with van der Waals surface area (Å²) in [6.07, 6.45) is 0. The van der Waals surface area contributed by atoms with E-state index in [-0.39, 0.29) is 0 Å². The number of nitro groups is 1. The van der Waals surface area contributed by atoms with Crippen molar-refractivity contribution in [1.29, 1.82) is 0 Å². The average Bonchev–Trinajstić information content (AvgIpc) is 2.58. The Bertz CT molecular complexity index is 815. The van der Waals surface area contributed by atoms with Crippen molar-refractivity contribution in [2.45, 2.75) is 35.3 Å². The summed E-state index contributed by atoms with van der Waals surface area (Å²) in [6.45, 7) is -2.98. The molecule has 16 heteroatoms. The molecule has 0 saturated heterocycles. The van der Waals surface area contributed by atoms with E-state index in [0.29, 0.717) is 18.2 Å². The minimum Gasteiger partial charge on any atom is -0.488 e. The van der Waals surface area contributed by atoms with Gasteiger partial charge in [0.2, 0.25) is 0 Å². The molecule has 1 fully saturated rings. The first-order valence-corrected chi connectivity index (χ1v) is 7.32. The van der Waals surface area contributed by atoms with Crippen molar-refractivity contribution in [3.63, 3.8) is 0 Å². The van der Waals surface area contributed by atoms with Gasteiger partial charge in [-0.1, -0.05) is 11.6 Å². The van der Waals surface area contributed by atoms with E-state index in [1.807, 2.05) is 0 Å². The van der Waals surface area contributed by atoms with Crippen LogP contribution < -0.4 is 4.74 Å². The molecule has 1 aliphatic carbocycles. The number of hydrogen-bond donors (Lipinski definition) is 0. The van der Waals surface area contributed by atoms with Gasteiger partial charge in [0.05, 0.1) is 9.95 Å². The maximum atomic E-state index is 14.4. The monoisotopic (exact) mass is 467 g/mol. The zero-order chi connectivity index (χ0) is 22.8. The Hall–Kier alpha value is -2.06. The minimum absolute atomic E-state index is 0.424. The largest absolute Gasteiger partial charge is 0.488 e. The summed E-state index contributed by atoms with van der Waals surface area (Å²) in [7, 11) is 0. The lowest BCUT2D eigenvalue weighted by Crippen LogP contribution is -2.84. The molecular weight excluding hydrogens is 463 g/mol. The summed E-state index contributed by atoms with van der Waals surface area (Å²) in [5.41, 5.74) is -7.09. The zero-order valence-corrected chi connectivity index (χ0v) is 13.9. The standard InChI is InChI=1S/C13H5ClF11NO3/c14-6-3-5(26(27)28)1-2-7(6)29-4-8(15)9(16,17)11(20,21)13(24,25)12(22,23)10(8,18)19/h1-3H,4H2. The fraction of sp³-hybridized carbons (Fsp3) is 0.538. The molecule has 0 heterocycles.